The maximum absolute atomic E-state index is 12.9. The first-order chi connectivity index (χ1) is 13.0. The van der Waals surface area contributed by atoms with Gasteiger partial charge >= 0.3 is 0 Å². The van der Waals surface area contributed by atoms with Gasteiger partial charge < -0.3 is 15.4 Å². The molecular formula is C21H28N4O2. The molecule has 0 saturated carbocycles. The van der Waals surface area contributed by atoms with Crippen LogP contribution in [0.3, 0.4) is 0 Å². The van der Waals surface area contributed by atoms with E-state index in [1.165, 1.54) is 5.56 Å². The molecule has 0 radical (unpaired) electrons. The van der Waals surface area contributed by atoms with E-state index in [1.54, 1.807) is 6.08 Å². The van der Waals surface area contributed by atoms with E-state index in [9.17, 15) is 4.79 Å². The highest BCUT2D eigenvalue weighted by molar-refractivity contribution is 5.93. The van der Waals surface area contributed by atoms with Crippen LogP contribution in [0.25, 0.3) is 0 Å². The first kappa shape index (κ1) is 19.3. The Kier molecular flexibility index (Phi) is 6.08. The van der Waals surface area contributed by atoms with Gasteiger partial charge in [-0.1, -0.05) is 36.4 Å². The molecule has 27 heavy (non-hydrogen) atoms. The molecule has 6 heteroatoms. The summed E-state index contributed by atoms with van der Waals surface area (Å²) in [6.07, 6.45) is 1.77. The maximum Gasteiger partial charge on any atom is 0.249 e. The summed E-state index contributed by atoms with van der Waals surface area (Å²) in [4.78, 5) is 14.8. The molecule has 144 valence electrons. The van der Waals surface area contributed by atoms with Crippen LogP contribution in [-0.4, -0.2) is 46.9 Å². The van der Waals surface area contributed by atoms with Crippen molar-refractivity contribution in [3.63, 3.8) is 0 Å². The van der Waals surface area contributed by atoms with E-state index in [0.717, 1.165) is 17.0 Å². The molecule has 1 aliphatic heterocycles. The molecule has 0 bridgehead atoms. The lowest BCUT2D eigenvalue weighted by molar-refractivity contribution is -0.136. The number of aromatic nitrogens is 2. The normalized spacial score (nSPS) is 18.0. The van der Waals surface area contributed by atoms with Crippen molar-refractivity contribution in [1.29, 1.82) is 0 Å². The van der Waals surface area contributed by atoms with Crippen molar-refractivity contribution in [2.75, 3.05) is 26.3 Å². The van der Waals surface area contributed by atoms with Crippen molar-refractivity contribution in [2.45, 2.75) is 33.4 Å². The number of aryl methyl sites for hydroxylation is 1. The Morgan fingerprint density at radius 3 is 2.78 bits per heavy atom. The van der Waals surface area contributed by atoms with Gasteiger partial charge in [0.25, 0.3) is 0 Å². The Morgan fingerprint density at radius 1 is 1.33 bits per heavy atom. The van der Waals surface area contributed by atoms with E-state index >= 15 is 0 Å². The highest BCUT2D eigenvalue weighted by Gasteiger charge is 2.33. The first-order valence-corrected chi connectivity index (χ1v) is 9.36. The summed E-state index contributed by atoms with van der Waals surface area (Å²) in [6, 6.07) is 10.1. The summed E-state index contributed by atoms with van der Waals surface area (Å²) < 4.78 is 7.73. The molecule has 1 unspecified atom stereocenters. The number of amides is 1. The number of hydrogen-bond donors (Lipinski definition) is 1. The third-order valence-corrected chi connectivity index (χ3v) is 5.10. The molecular weight excluding hydrogens is 340 g/mol. The summed E-state index contributed by atoms with van der Waals surface area (Å²) in [5, 5.41) is 4.74. The highest BCUT2D eigenvalue weighted by Crippen LogP contribution is 2.30. The van der Waals surface area contributed by atoms with Gasteiger partial charge in [-0.25, -0.2) is 0 Å². The third kappa shape index (κ3) is 4.12. The number of hydrogen-bond acceptors (Lipinski definition) is 4. The van der Waals surface area contributed by atoms with Crippen molar-refractivity contribution in [3.8, 4) is 0 Å². The number of morpholine rings is 1. The van der Waals surface area contributed by atoms with E-state index in [-0.39, 0.29) is 11.9 Å². The minimum Gasteiger partial charge on any atom is -0.377 e. The molecule has 1 saturated heterocycles. The summed E-state index contributed by atoms with van der Waals surface area (Å²) in [5.74, 6) is 0.0170. The van der Waals surface area contributed by atoms with Crippen LogP contribution < -0.4 is 5.73 Å². The van der Waals surface area contributed by atoms with E-state index in [4.69, 9.17) is 15.6 Å². The number of nitrogens with two attached hydrogens (primary N) is 1. The van der Waals surface area contributed by atoms with Crippen molar-refractivity contribution in [1.82, 2.24) is 14.7 Å². The van der Waals surface area contributed by atoms with Crippen LogP contribution in [0.15, 0.2) is 42.0 Å². The second-order valence-electron chi connectivity index (χ2n) is 6.94. The Labute approximate surface area is 160 Å². The van der Waals surface area contributed by atoms with Crippen LogP contribution in [0.5, 0.6) is 0 Å². The van der Waals surface area contributed by atoms with Crippen LogP contribution in [0.2, 0.25) is 0 Å². The third-order valence-electron chi connectivity index (χ3n) is 5.10. The number of carbonyl (C=O) groups excluding carboxylic acids is 1. The molecule has 0 aliphatic carbocycles. The molecule has 3 rings (SSSR count). The standard InChI is InChI=1S/C21H28N4O2/c1-15(9-10-22)21(26)24-11-12-27-14-19(24)20-16(2)23-25(17(20)3)13-18-7-5-4-6-8-18/h4-9,19H,10-14,22H2,1-3H3/b15-9+. The van der Waals surface area contributed by atoms with Gasteiger partial charge in [-0.05, 0) is 26.3 Å². The van der Waals surface area contributed by atoms with E-state index in [0.29, 0.717) is 38.4 Å². The van der Waals surface area contributed by atoms with Crippen LogP contribution in [0, 0.1) is 13.8 Å². The fraction of sp³-hybridized carbons (Fsp3) is 0.429. The second kappa shape index (κ2) is 8.50. The largest absolute Gasteiger partial charge is 0.377 e. The minimum absolute atomic E-state index is 0.0170. The summed E-state index contributed by atoms with van der Waals surface area (Å²) in [6.45, 7) is 8.57. The highest BCUT2D eigenvalue weighted by atomic mass is 16.5. The lowest BCUT2D eigenvalue weighted by Gasteiger charge is -2.36. The zero-order chi connectivity index (χ0) is 19.4. The van der Waals surface area contributed by atoms with Gasteiger partial charge in [0, 0.05) is 29.9 Å². The predicted molar refractivity (Wildman–Crippen MR) is 105 cm³/mol. The number of benzene rings is 1. The quantitative estimate of drug-likeness (QED) is 0.822. The van der Waals surface area contributed by atoms with Crippen LogP contribution in [-0.2, 0) is 16.1 Å². The Bertz CT molecular complexity index is 826. The van der Waals surface area contributed by atoms with Gasteiger partial charge in [-0.2, -0.15) is 5.10 Å². The molecule has 1 aromatic carbocycles. The second-order valence-corrected chi connectivity index (χ2v) is 6.94. The van der Waals surface area contributed by atoms with Gasteiger partial charge in [-0.15, -0.1) is 0 Å². The molecule has 0 spiro atoms. The summed E-state index contributed by atoms with van der Waals surface area (Å²) in [5.41, 5.74) is 10.6. The first-order valence-electron chi connectivity index (χ1n) is 9.36. The van der Waals surface area contributed by atoms with Gasteiger partial charge in [0.2, 0.25) is 5.91 Å². The molecule has 2 aromatic rings. The molecule has 6 nitrogen and oxygen atoms in total. The van der Waals surface area contributed by atoms with Crippen molar-refractivity contribution in [3.05, 3.63) is 64.5 Å². The molecule has 1 amide bonds. The van der Waals surface area contributed by atoms with E-state index < -0.39 is 0 Å². The van der Waals surface area contributed by atoms with Crippen molar-refractivity contribution >= 4 is 5.91 Å². The topological polar surface area (TPSA) is 73.4 Å². The fourth-order valence-electron chi connectivity index (χ4n) is 3.68. The Morgan fingerprint density at radius 2 is 2.07 bits per heavy atom. The number of carbonyl (C=O) groups is 1. The summed E-state index contributed by atoms with van der Waals surface area (Å²) in [7, 11) is 0. The lowest BCUT2D eigenvalue weighted by Crippen LogP contribution is -2.44. The molecule has 2 heterocycles. The molecule has 1 aromatic heterocycles. The molecule has 1 atom stereocenters. The minimum atomic E-state index is -0.128. The van der Waals surface area contributed by atoms with E-state index in [2.05, 4.69) is 19.1 Å². The Hall–Kier alpha value is -2.44. The smallest absolute Gasteiger partial charge is 0.249 e. The molecule has 2 N–H and O–H groups in total. The zero-order valence-electron chi connectivity index (χ0n) is 16.3. The number of nitrogens with zero attached hydrogens (tertiary/aromatic N) is 3. The summed E-state index contributed by atoms with van der Waals surface area (Å²) >= 11 is 0. The number of rotatable bonds is 5. The van der Waals surface area contributed by atoms with Crippen LogP contribution in [0.4, 0.5) is 0 Å². The van der Waals surface area contributed by atoms with E-state index in [1.807, 2.05) is 41.6 Å². The maximum atomic E-state index is 12.9. The zero-order valence-corrected chi connectivity index (χ0v) is 16.3. The average molecular weight is 368 g/mol. The number of ether oxygens (including phenoxy) is 1. The Balaban J connectivity index is 1.91. The van der Waals surface area contributed by atoms with Crippen LogP contribution in [0.1, 0.15) is 35.5 Å². The van der Waals surface area contributed by atoms with Crippen molar-refractivity contribution < 1.29 is 9.53 Å². The predicted octanol–water partition coefficient (Wildman–Crippen LogP) is 2.35. The van der Waals surface area contributed by atoms with Gasteiger partial charge in [-0.3, -0.25) is 9.48 Å². The lowest BCUT2D eigenvalue weighted by atomic mass is 10.0. The van der Waals surface area contributed by atoms with Gasteiger partial charge in [0.15, 0.2) is 0 Å². The fourth-order valence-corrected chi connectivity index (χ4v) is 3.68. The average Bonchev–Trinajstić information content (AvgIpc) is 2.95. The van der Waals surface area contributed by atoms with Crippen molar-refractivity contribution in [2.24, 2.45) is 5.73 Å². The van der Waals surface area contributed by atoms with Gasteiger partial charge in [0.05, 0.1) is 31.5 Å². The SMILES string of the molecule is C/C(=C\CN)C(=O)N1CCOCC1c1c(C)nn(Cc2ccccc2)c1C. The van der Waals surface area contributed by atoms with Crippen LogP contribution >= 0.6 is 0 Å². The monoisotopic (exact) mass is 368 g/mol. The molecule has 1 fully saturated rings. The molecule has 1 aliphatic rings. The van der Waals surface area contributed by atoms with Gasteiger partial charge in [0.1, 0.15) is 0 Å².